The number of fused-ring (bicyclic) bond motifs is 10. The number of rotatable bonds is 8. The highest BCUT2D eigenvalue weighted by atomic mass is 19.4. The average Bonchev–Trinajstić information content (AvgIpc) is 3.79. The monoisotopic (exact) mass is 936 g/mol. The Morgan fingerprint density at radius 2 is 0.942 bits per heavy atom. The van der Waals surface area contributed by atoms with Crippen molar-refractivity contribution < 1.29 is 45.7 Å². The molecular weight excluding hydrogens is 903 g/mol. The number of nitrogen functional groups attached to an aromatic ring is 2. The summed E-state index contributed by atoms with van der Waals surface area (Å²) in [5, 5.41) is 24.2. The molecule has 69 heavy (non-hydrogen) atoms. The van der Waals surface area contributed by atoms with Gasteiger partial charge >= 0.3 is 12.4 Å². The van der Waals surface area contributed by atoms with E-state index in [0.29, 0.717) is 57.0 Å². The van der Waals surface area contributed by atoms with Crippen molar-refractivity contribution in [2.45, 2.75) is 17.8 Å². The number of anilines is 2. The molecule has 10 rings (SSSR count). The Morgan fingerprint density at radius 1 is 0.478 bits per heavy atom. The summed E-state index contributed by atoms with van der Waals surface area (Å²) < 4.78 is 105. The van der Waals surface area contributed by atoms with Gasteiger partial charge < -0.3 is 20.9 Å². The van der Waals surface area contributed by atoms with E-state index in [9.17, 15) is 20.2 Å². The van der Waals surface area contributed by atoms with Crippen LogP contribution >= 0.6 is 0 Å². The van der Waals surface area contributed by atoms with E-state index in [1.807, 2.05) is 36.4 Å². The first-order chi connectivity index (χ1) is 32.9. The number of nitro benzene ring substituents is 2. The van der Waals surface area contributed by atoms with Gasteiger partial charge in [0.05, 0.1) is 40.6 Å². The van der Waals surface area contributed by atoms with Crippen LogP contribution in [0.3, 0.4) is 0 Å². The first-order valence-electron chi connectivity index (χ1n) is 21.0. The summed E-state index contributed by atoms with van der Waals surface area (Å²) >= 11 is 0. The van der Waals surface area contributed by atoms with E-state index in [4.69, 9.17) is 20.9 Å². The summed E-state index contributed by atoms with van der Waals surface area (Å²) in [7, 11) is 2.89. The minimum absolute atomic E-state index is 0.00294. The second-order valence-electron chi connectivity index (χ2n) is 16.5. The molecule has 2 aliphatic carbocycles. The zero-order valence-corrected chi connectivity index (χ0v) is 36.1. The van der Waals surface area contributed by atoms with Gasteiger partial charge in [0.15, 0.2) is 0 Å². The smallest absolute Gasteiger partial charge is 0.417 e. The third kappa shape index (κ3) is 6.65. The first-order valence-corrected chi connectivity index (χ1v) is 21.0. The van der Waals surface area contributed by atoms with E-state index in [1.165, 1.54) is 20.3 Å². The molecule has 0 aliphatic heterocycles. The van der Waals surface area contributed by atoms with Crippen molar-refractivity contribution in [1.82, 2.24) is 0 Å². The summed E-state index contributed by atoms with van der Waals surface area (Å²) in [6, 6.07) is 35.1. The van der Waals surface area contributed by atoms with Gasteiger partial charge in [0, 0.05) is 52.3 Å². The van der Waals surface area contributed by atoms with Crippen LogP contribution in [-0.4, -0.2) is 24.1 Å². The van der Waals surface area contributed by atoms with Crippen LogP contribution in [0, 0.1) is 20.2 Å². The molecule has 0 bridgehead atoms. The maximum absolute atomic E-state index is 15.9. The molecule has 0 fully saturated rings. The van der Waals surface area contributed by atoms with Crippen molar-refractivity contribution in [3.8, 4) is 78.3 Å². The Morgan fingerprint density at radius 3 is 1.42 bits per heavy atom. The summed E-state index contributed by atoms with van der Waals surface area (Å²) in [6.45, 7) is 0. The zero-order valence-electron chi connectivity index (χ0n) is 36.1. The Labute approximate surface area is 388 Å². The largest absolute Gasteiger partial charge is 0.497 e. The standard InChI is InChI=1S/C53H34F6N4O6/c1-68-32-17-11-27(12-18-32)44-47(37-22-16-31(63(66)67)26-42(37)53(57,58)59)48-46-38(36-21-15-30(62(64)65)25-41(36)52(54,55)56)23-29(60)24-43(46)51(39-9-5-3-7-34(39)35-8-4-6-10-40(35)51)49(48)45(50(44)61)28-13-19-33(69-2)20-14-28/h3-26H,60-61H2,1-2H3. The van der Waals surface area contributed by atoms with Gasteiger partial charge in [0.1, 0.15) is 11.5 Å². The predicted molar refractivity (Wildman–Crippen MR) is 250 cm³/mol. The summed E-state index contributed by atoms with van der Waals surface area (Å²) in [6.07, 6.45) is -10.5. The number of non-ortho nitro benzene ring substituents is 2. The molecule has 344 valence electrons. The van der Waals surface area contributed by atoms with Gasteiger partial charge in [-0.1, -0.05) is 72.8 Å². The molecule has 0 aromatic heterocycles. The van der Waals surface area contributed by atoms with Crippen molar-refractivity contribution >= 4 is 22.7 Å². The van der Waals surface area contributed by atoms with Gasteiger partial charge in [-0.05, 0) is 121 Å². The van der Waals surface area contributed by atoms with E-state index < -0.39 is 61.2 Å². The highest BCUT2D eigenvalue weighted by Crippen LogP contribution is 2.70. The third-order valence-corrected chi connectivity index (χ3v) is 13.0. The highest BCUT2D eigenvalue weighted by Gasteiger charge is 2.56. The first kappa shape index (κ1) is 44.2. The Bertz CT molecular complexity index is 3440. The molecule has 8 aromatic rings. The van der Waals surface area contributed by atoms with Gasteiger partial charge in [0.25, 0.3) is 11.4 Å². The van der Waals surface area contributed by atoms with Gasteiger partial charge in [-0.25, -0.2) is 0 Å². The molecule has 8 aromatic carbocycles. The van der Waals surface area contributed by atoms with Crippen molar-refractivity contribution in [3.05, 3.63) is 199 Å². The molecule has 0 unspecified atom stereocenters. The second-order valence-corrected chi connectivity index (χ2v) is 16.5. The Kier molecular flexibility index (Phi) is 10.1. The number of alkyl halides is 6. The number of benzene rings is 8. The average molecular weight is 937 g/mol. The van der Waals surface area contributed by atoms with Crippen LogP contribution in [0.4, 0.5) is 49.1 Å². The van der Waals surface area contributed by atoms with Gasteiger partial charge in [-0.15, -0.1) is 0 Å². The number of hydrogen-bond donors (Lipinski definition) is 2. The maximum Gasteiger partial charge on any atom is 0.417 e. The SMILES string of the molecule is COc1ccc(-c2c(N)c(-c3ccc(OC)cc3)c3c(c2-c2ccc([N+](=O)[O-])cc2C(F)(F)F)-c2c(-c4ccc([N+](=O)[O-])cc4C(F)(F)F)cc(N)cc2C32c3ccccc3-c3ccccc32)cc1. The molecule has 2 aliphatic rings. The zero-order chi connectivity index (χ0) is 48.9. The van der Waals surface area contributed by atoms with Crippen LogP contribution in [0.5, 0.6) is 11.5 Å². The molecule has 1 spiro atoms. The van der Waals surface area contributed by atoms with Crippen molar-refractivity contribution in [1.29, 1.82) is 0 Å². The lowest BCUT2D eigenvalue weighted by Crippen LogP contribution is -2.27. The fourth-order valence-electron chi connectivity index (χ4n) is 10.4. The molecule has 0 amide bonds. The molecule has 0 saturated carbocycles. The normalized spacial score (nSPS) is 13.1. The van der Waals surface area contributed by atoms with Gasteiger partial charge in [-0.2, -0.15) is 26.3 Å². The summed E-state index contributed by atoms with van der Waals surface area (Å²) in [5.41, 5.74) is 10.7. The van der Waals surface area contributed by atoms with Crippen LogP contribution in [0.25, 0.3) is 66.8 Å². The quantitative estimate of drug-likeness (QED) is 0.0660. The fraction of sp³-hybridized carbons (Fsp3) is 0.0943. The van der Waals surface area contributed by atoms with E-state index in [-0.39, 0.29) is 55.9 Å². The summed E-state index contributed by atoms with van der Waals surface area (Å²) in [4.78, 5) is 22.3. The minimum atomic E-state index is -5.26. The maximum atomic E-state index is 15.9. The van der Waals surface area contributed by atoms with Crippen molar-refractivity contribution in [3.63, 3.8) is 0 Å². The van der Waals surface area contributed by atoms with E-state index in [1.54, 1.807) is 66.7 Å². The Balaban J connectivity index is 1.55. The lowest BCUT2D eigenvalue weighted by molar-refractivity contribution is -0.385. The van der Waals surface area contributed by atoms with E-state index in [0.717, 1.165) is 24.3 Å². The van der Waals surface area contributed by atoms with E-state index >= 15 is 26.3 Å². The molecule has 0 radical (unpaired) electrons. The van der Waals surface area contributed by atoms with Gasteiger partial charge in [0.2, 0.25) is 0 Å². The molecule has 4 N–H and O–H groups in total. The molecule has 10 nitrogen and oxygen atoms in total. The highest BCUT2D eigenvalue weighted by molar-refractivity contribution is 6.15. The van der Waals surface area contributed by atoms with E-state index in [2.05, 4.69) is 0 Å². The molecule has 0 saturated heterocycles. The molecule has 0 heterocycles. The predicted octanol–water partition coefficient (Wildman–Crippen LogP) is 13.7. The number of nitro groups is 2. The van der Waals surface area contributed by atoms with Gasteiger partial charge in [-0.3, -0.25) is 20.2 Å². The molecule has 0 atom stereocenters. The van der Waals surface area contributed by atoms with Crippen LogP contribution in [-0.2, 0) is 17.8 Å². The topological polar surface area (TPSA) is 157 Å². The lowest BCUT2D eigenvalue weighted by Gasteiger charge is -2.34. The number of nitrogens with two attached hydrogens (primary N) is 2. The molecule has 16 heteroatoms. The Hall–Kier alpha value is -8.66. The van der Waals surface area contributed by atoms with Crippen LogP contribution in [0.2, 0.25) is 0 Å². The fourth-order valence-corrected chi connectivity index (χ4v) is 10.4. The second kappa shape index (κ2) is 15.7. The van der Waals surface area contributed by atoms with Crippen molar-refractivity contribution in [2.75, 3.05) is 25.7 Å². The summed E-state index contributed by atoms with van der Waals surface area (Å²) in [5.74, 6) is 0.824. The minimum Gasteiger partial charge on any atom is -0.497 e. The number of halogens is 6. The van der Waals surface area contributed by atoms with Crippen LogP contribution in [0.15, 0.2) is 146 Å². The number of ether oxygens (including phenoxy) is 2. The number of hydrogen-bond acceptors (Lipinski definition) is 8. The number of nitrogens with zero attached hydrogens (tertiary/aromatic N) is 2. The molecular formula is C53H34F6N4O6. The number of methoxy groups -OCH3 is 2. The van der Waals surface area contributed by atoms with Crippen LogP contribution < -0.4 is 20.9 Å². The third-order valence-electron chi connectivity index (χ3n) is 13.0. The van der Waals surface area contributed by atoms with Crippen LogP contribution in [0.1, 0.15) is 33.4 Å². The lowest BCUT2D eigenvalue weighted by atomic mass is 9.67. The van der Waals surface area contributed by atoms with Crippen molar-refractivity contribution in [2.24, 2.45) is 0 Å².